The van der Waals surface area contributed by atoms with Crippen LogP contribution in [0.15, 0.2) is 18.2 Å². The molecule has 7 heteroatoms. The highest BCUT2D eigenvalue weighted by molar-refractivity contribution is 8.00. The summed E-state index contributed by atoms with van der Waals surface area (Å²) in [7, 11) is 1.34. The number of halogens is 1. The minimum atomic E-state index is -1.04. The molecule has 0 bridgehead atoms. The first-order valence-corrected chi connectivity index (χ1v) is 7.55. The van der Waals surface area contributed by atoms with Crippen molar-refractivity contribution in [2.75, 3.05) is 12.9 Å². The summed E-state index contributed by atoms with van der Waals surface area (Å²) < 4.78 is 18.5. The number of hydrogen-bond donors (Lipinski definition) is 1. The molecule has 1 aromatic rings. The smallest absolute Gasteiger partial charge is 0.327 e. The van der Waals surface area contributed by atoms with Crippen LogP contribution in [-0.4, -0.2) is 46.2 Å². The van der Waals surface area contributed by atoms with E-state index < -0.39 is 23.7 Å². The number of methoxy groups -OCH3 is 1. The van der Waals surface area contributed by atoms with E-state index in [9.17, 15) is 19.1 Å². The predicted molar refractivity (Wildman–Crippen MR) is 77.1 cm³/mol. The monoisotopic (exact) mass is 313 g/mol. The molecular weight excluding hydrogens is 297 g/mol. The van der Waals surface area contributed by atoms with E-state index in [2.05, 4.69) is 0 Å². The molecule has 0 aromatic heterocycles. The van der Waals surface area contributed by atoms with E-state index >= 15 is 0 Å². The highest BCUT2D eigenvalue weighted by Crippen LogP contribution is 2.33. The molecule has 1 N–H and O–H groups in total. The van der Waals surface area contributed by atoms with Crippen LogP contribution in [0.2, 0.25) is 0 Å². The third kappa shape index (κ3) is 2.97. The number of carboxylic acids is 1. The summed E-state index contributed by atoms with van der Waals surface area (Å²) >= 11 is 1.43. The number of thioether (sulfide) groups is 1. The molecule has 1 aliphatic heterocycles. The quantitative estimate of drug-likeness (QED) is 0.923. The highest BCUT2D eigenvalue weighted by atomic mass is 32.2. The first-order chi connectivity index (χ1) is 9.99. The summed E-state index contributed by atoms with van der Waals surface area (Å²) in [6.45, 7) is 1.89. The summed E-state index contributed by atoms with van der Waals surface area (Å²) in [6.07, 6.45) is 0.638. The van der Waals surface area contributed by atoms with E-state index in [0.717, 1.165) is 6.07 Å². The van der Waals surface area contributed by atoms with Crippen LogP contribution in [0.3, 0.4) is 0 Å². The lowest BCUT2D eigenvalue weighted by Gasteiger charge is -2.26. The minimum Gasteiger partial charge on any atom is -0.494 e. The van der Waals surface area contributed by atoms with Crippen LogP contribution in [0.25, 0.3) is 0 Å². The molecular formula is C14H16FNO4S. The molecule has 2 atom stereocenters. The Labute approximate surface area is 126 Å². The third-order valence-electron chi connectivity index (χ3n) is 3.36. The number of hydrogen-bond acceptors (Lipinski definition) is 4. The van der Waals surface area contributed by atoms with E-state index in [4.69, 9.17) is 4.74 Å². The van der Waals surface area contributed by atoms with Crippen LogP contribution in [0.4, 0.5) is 4.39 Å². The molecule has 0 radical (unpaired) electrons. The van der Waals surface area contributed by atoms with E-state index in [0.29, 0.717) is 12.2 Å². The topological polar surface area (TPSA) is 66.8 Å². The molecule has 0 saturated carbocycles. The van der Waals surface area contributed by atoms with Crippen LogP contribution < -0.4 is 4.74 Å². The number of benzene rings is 1. The Morgan fingerprint density at radius 2 is 2.24 bits per heavy atom. The largest absolute Gasteiger partial charge is 0.494 e. The van der Waals surface area contributed by atoms with Crippen LogP contribution >= 0.6 is 11.8 Å². The standard InChI is InChI=1S/C14H16FNO4S/c1-3-12-16(10(7-21-12)14(18)19)13(17)8-4-5-11(20-2)9(15)6-8/h4-6,10,12H,3,7H2,1-2H3,(H,18,19). The van der Waals surface area contributed by atoms with Gasteiger partial charge in [0.25, 0.3) is 5.91 Å². The van der Waals surface area contributed by atoms with Crippen molar-refractivity contribution in [2.45, 2.75) is 24.8 Å². The second-order valence-corrected chi connectivity index (χ2v) is 5.82. The predicted octanol–water partition coefficient (Wildman–Crippen LogP) is 2.21. The fourth-order valence-electron chi connectivity index (χ4n) is 2.29. The summed E-state index contributed by atoms with van der Waals surface area (Å²) in [6, 6.07) is 3.01. The number of aliphatic carboxylic acids is 1. The molecule has 1 amide bonds. The van der Waals surface area contributed by atoms with Gasteiger partial charge in [-0.2, -0.15) is 0 Å². The fourth-order valence-corrected chi connectivity index (χ4v) is 3.64. The number of rotatable bonds is 4. The maximum atomic E-state index is 13.7. The Bertz CT molecular complexity index is 566. The van der Waals surface area contributed by atoms with Gasteiger partial charge in [-0.15, -0.1) is 11.8 Å². The van der Waals surface area contributed by atoms with Crippen LogP contribution in [0, 0.1) is 5.82 Å². The van der Waals surface area contributed by atoms with Gasteiger partial charge in [0.15, 0.2) is 11.6 Å². The molecule has 1 fully saturated rings. The van der Waals surface area contributed by atoms with Gasteiger partial charge in [-0.1, -0.05) is 6.92 Å². The lowest BCUT2D eigenvalue weighted by atomic mass is 10.1. The van der Waals surface area contributed by atoms with Crippen molar-refractivity contribution in [1.29, 1.82) is 0 Å². The SMILES string of the molecule is CCC1SCC(C(=O)O)N1C(=O)c1ccc(OC)c(F)c1. The highest BCUT2D eigenvalue weighted by Gasteiger charge is 2.41. The van der Waals surface area contributed by atoms with Gasteiger partial charge in [-0.05, 0) is 24.6 Å². The Balaban J connectivity index is 2.32. The summed E-state index contributed by atoms with van der Waals surface area (Å²) in [5.74, 6) is -1.76. The van der Waals surface area contributed by atoms with Gasteiger partial charge in [0.1, 0.15) is 6.04 Å². The molecule has 2 unspecified atom stereocenters. The van der Waals surface area contributed by atoms with Gasteiger partial charge in [0, 0.05) is 11.3 Å². The first-order valence-electron chi connectivity index (χ1n) is 6.50. The van der Waals surface area contributed by atoms with Gasteiger partial charge < -0.3 is 14.7 Å². The number of nitrogens with zero attached hydrogens (tertiary/aromatic N) is 1. The fraction of sp³-hybridized carbons (Fsp3) is 0.429. The molecule has 0 aliphatic carbocycles. The lowest BCUT2D eigenvalue weighted by Crippen LogP contribution is -2.45. The molecule has 114 valence electrons. The van der Waals surface area contributed by atoms with Crippen LogP contribution in [0.1, 0.15) is 23.7 Å². The first kappa shape index (κ1) is 15.6. The second-order valence-electron chi connectivity index (χ2n) is 4.61. The van der Waals surface area contributed by atoms with Crippen molar-refractivity contribution >= 4 is 23.6 Å². The van der Waals surface area contributed by atoms with Gasteiger partial charge in [-0.3, -0.25) is 4.79 Å². The van der Waals surface area contributed by atoms with Crippen molar-refractivity contribution in [2.24, 2.45) is 0 Å². The van der Waals surface area contributed by atoms with E-state index in [1.54, 1.807) is 0 Å². The van der Waals surface area contributed by atoms with Crippen LogP contribution in [0.5, 0.6) is 5.75 Å². The normalized spacial score (nSPS) is 21.4. The van der Waals surface area contributed by atoms with Crippen LogP contribution in [-0.2, 0) is 4.79 Å². The summed E-state index contributed by atoms with van der Waals surface area (Å²) in [4.78, 5) is 25.1. The number of amides is 1. The number of carbonyl (C=O) groups is 2. The van der Waals surface area contributed by atoms with Gasteiger partial charge in [0.2, 0.25) is 0 Å². The minimum absolute atomic E-state index is 0.0455. The zero-order valence-corrected chi connectivity index (χ0v) is 12.5. The molecule has 1 heterocycles. The molecule has 1 saturated heterocycles. The van der Waals surface area contributed by atoms with Gasteiger partial charge in [0.05, 0.1) is 12.5 Å². The van der Waals surface area contributed by atoms with E-state index in [1.807, 2.05) is 6.92 Å². The third-order valence-corrected chi connectivity index (χ3v) is 4.81. The Morgan fingerprint density at radius 1 is 1.52 bits per heavy atom. The number of carboxylic acid groups (broad SMARTS) is 1. The van der Waals surface area contributed by atoms with E-state index in [1.165, 1.54) is 35.9 Å². The van der Waals surface area contributed by atoms with Crippen molar-refractivity contribution in [3.05, 3.63) is 29.6 Å². The zero-order valence-electron chi connectivity index (χ0n) is 11.7. The molecule has 21 heavy (non-hydrogen) atoms. The average molecular weight is 313 g/mol. The van der Waals surface area contributed by atoms with Gasteiger partial charge in [-0.25, -0.2) is 9.18 Å². The molecule has 1 aliphatic rings. The van der Waals surface area contributed by atoms with Crippen molar-refractivity contribution in [1.82, 2.24) is 4.90 Å². The maximum absolute atomic E-state index is 13.7. The summed E-state index contributed by atoms with van der Waals surface area (Å²) in [5, 5.41) is 9.02. The molecule has 1 aromatic carbocycles. The maximum Gasteiger partial charge on any atom is 0.327 e. The van der Waals surface area contributed by atoms with Crippen molar-refractivity contribution in [3.8, 4) is 5.75 Å². The lowest BCUT2D eigenvalue weighted by molar-refractivity contribution is -0.141. The second kappa shape index (κ2) is 6.34. The molecule has 5 nitrogen and oxygen atoms in total. The number of carbonyl (C=O) groups excluding carboxylic acids is 1. The Morgan fingerprint density at radius 3 is 2.76 bits per heavy atom. The van der Waals surface area contributed by atoms with Crippen molar-refractivity contribution < 1.29 is 23.8 Å². The average Bonchev–Trinajstić information content (AvgIpc) is 2.90. The molecule has 0 spiro atoms. The molecule has 2 rings (SSSR count). The Hall–Kier alpha value is -1.76. The van der Waals surface area contributed by atoms with Crippen molar-refractivity contribution in [3.63, 3.8) is 0 Å². The number of ether oxygens (including phenoxy) is 1. The zero-order chi connectivity index (χ0) is 15.6. The van der Waals surface area contributed by atoms with E-state index in [-0.39, 0.29) is 16.7 Å². The Kier molecular flexibility index (Phi) is 4.72. The van der Waals surface area contributed by atoms with Gasteiger partial charge >= 0.3 is 5.97 Å². The summed E-state index contributed by atoms with van der Waals surface area (Å²) in [5.41, 5.74) is 0.125.